The van der Waals surface area contributed by atoms with Crippen molar-refractivity contribution in [2.75, 3.05) is 37.8 Å². The van der Waals surface area contributed by atoms with Gasteiger partial charge in [0.2, 0.25) is 10.0 Å². The standard InChI is InChI=1S/C33H41ClN2O5S.C3H8O3/c1-21-5-3-6-26(18-37)28-11-8-25(28)17-36-19-33(14-4-7-23-15-27(34)10-12-29(23)33)20-41-31-13-9-24(16-30(31)36)32(38)35-42(39,40)22(21)2;4-1-3(6)2-5/h9-10,12-13,15-16,18,21-22,25-26,28H,3-8,11,14,17,19-20H2,1-2H3,(H,35,38);3-6H,1-2H2/t21-,22+,25-,26?,28+,33-;/m0./s1. The molecule has 1 saturated carbocycles. The van der Waals surface area contributed by atoms with Crippen molar-refractivity contribution in [3.05, 3.63) is 58.1 Å². The minimum absolute atomic E-state index is 0.0315. The Morgan fingerprint density at radius 1 is 1.08 bits per heavy atom. The molecule has 1 unspecified atom stereocenters. The van der Waals surface area contributed by atoms with E-state index in [0.717, 1.165) is 68.5 Å². The first-order valence-corrected chi connectivity index (χ1v) is 19.1. The Morgan fingerprint density at radius 3 is 2.52 bits per heavy atom. The van der Waals surface area contributed by atoms with Crippen molar-refractivity contribution in [2.45, 2.75) is 82.0 Å². The number of aliphatic hydroxyl groups is 3. The van der Waals surface area contributed by atoms with E-state index in [2.05, 4.69) is 21.8 Å². The molecule has 2 aliphatic carbocycles. The van der Waals surface area contributed by atoms with Crippen LogP contribution in [-0.4, -0.2) is 80.2 Å². The van der Waals surface area contributed by atoms with Crippen molar-refractivity contribution in [1.82, 2.24) is 4.72 Å². The van der Waals surface area contributed by atoms with Crippen LogP contribution in [0.15, 0.2) is 36.4 Å². The summed E-state index contributed by atoms with van der Waals surface area (Å²) in [5, 5.41) is 24.0. The van der Waals surface area contributed by atoms with Gasteiger partial charge in [-0.2, -0.15) is 0 Å². The first kappa shape index (κ1) is 36.6. The zero-order valence-corrected chi connectivity index (χ0v) is 29.4. The second-order valence-electron chi connectivity index (χ2n) is 14.2. The molecular formula is C36H49ClN2O8S. The van der Waals surface area contributed by atoms with Gasteiger partial charge in [-0.1, -0.05) is 31.0 Å². The van der Waals surface area contributed by atoms with Gasteiger partial charge in [0.1, 0.15) is 18.1 Å². The van der Waals surface area contributed by atoms with Gasteiger partial charge in [-0.05, 0) is 111 Å². The maximum Gasteiger partial charge on any atom is 0.264 e. The molecule has 0 saturated heterocycles. The Labute approximate surface area is 288 Å². The van der Waals surface area contributed by atoms with Crippen LogP contribution in [0.5, 0.6) is 5.75 Å². The largest absolute Gasteiger partial charge is 0.490 e. The molecular weight excluding hydrogens is 656 g/mol. The van der Waals surface area contributed by atoms with Crippen molar-refractivity contribution in [1.29, 1.82) is 0 Å². The van der Waals surface area contributed by atoms with Gasteiger partial charge in [0, 0.05) is 35.0 Å². The van der Waals surface area contributed by atoms with E-state index >= 15 is 0 Å². The number of halogens is 1. The summed E-state index contributed by atoms with van der Waals surface area (Å²) in [6, 6.07) is 11.4. The maximum atomic E-state index is 13.3. The maximum absolute atomic E-state index is 13.3. The highest BCUT2D eigenvalue weighted by Crippen LogP contribution is 2.47. The Bertz CT molecular complexity index is 1570. The van der Waals surface area contributed by atoms with Crippen molar-refractivity contribution >= 4 is 39.5 Å². The van der Waals surface area contributed by atoms with Gasteiger partial charge < -0.3 is 29.8 Å². The number of nitrogens with one attached hydrogen (secondary N) is 1. The summed E-state index contributed by atoms with van der Waals surface area (Å²) < 4.78 is 35.3. The lowest BCUT2D eigenvalue weighted by Gasteiger charge is -2.46. The molecule has 0 aromatic heterocycles. The number of hydrogen-bond acceptors (Lipinski definition) is 9. The van der Waals surface area contributed by atoms with Gasteiger partial charge in [0.15, 0.2) is 0 Å². The number of ether oxygens (including phenoxy) is 1. The number of hydrogen-bond donors (Lipinski definition) is 4. The van der Waals surface area contributed by atoms with Crippen LogP contribution in [0.1, 0.15) is 80.3 Å². The third-order valence-corrected chi connectivity index (χ3v) is 13.2. The summed E-state index contributed by atoms with van der Waals surface area (Å²) in [4.78, 5) is 28.0. The third kappa shape index (κ3) is 7.86. The van der Waals surface area contributed by atoms with Gasteiger partial charge in [-0.25, -0.2) is 13.1 Å². The van der Waals surface area contributed by atoms with E-state index in [1.165, 1.54) is 11.1 Å². The number of anilines is 1. The fourth-order valence-corrected chi connectivity index (χ4v) is 9.37. The molecule has 2 aromatic carbocycles. The second kappa shape index (κ2) is 15.5. The normalized spacial score (nSPS) is 29.9. The highest BCUT2D eigenvalue weighted by Gasteiger charge is 2.44. The number of carbonyl (C=O) groups excluding carboxylic acids is 2. The number of fused-ring (bicyclic) bond motifs is 4. The number of aldehydes is 1. The fourth-order valence-electron chi connectivity index (χ4n) is 7.86. The molecule has 12 heteroatoms. The van der Waals surface area contributed by atoms with Gasteiger partial charge in [-0.3, -0.25) is 4.79 Å². The van der Waals surface area contributed by atoms with Crippen molar-refractivity contribution < 1.29 is 38.1 Å². The molecule has 4 aliphatic rings. The van der Waals surface area contributed by atoms with Crippen LogP contribution in [0, 0.1) is 23.7 Å². The minimum Gasteiger partial charge on any atom is -0.490 e. The quantitative estimate of drug-likeness (QED) is 0.344. The molecule has 6 atom stereocenters. The summed E-state index contributed by atoms with van der Waals surface area (Å²) >= 11 is 6.39. The topological polar surface area (TPSA) is 153 Å². The van der Waals surface area contributed by atoms with Crippen molar-refractivity contribution in [3.8, 4) is 5.75 Å². The Hall–Kier alpha value is -2.70. The molecule has 2 heterocycles. The summed E-state index contributed by atoms with van der Waals surface area (Å²) in [5.41, 5.74) is 3.37. The SMILES string of the molecule is C[C@@H]1[C@@H](C)CCCC(C=O)[C@@H]2CC[C@H]2CN2C[C@@]3(CCCc4cc(Cl)ccc43)COc3ccc(cc32)C(=O)NS1(=O)=O.OCC(O)CO. The van der Waals surface area contributed by atoms with Gasteiger partial charge >= 0.3 is 0 Å². The fraction of sp³-hybridized carbons (Fsp3) is 0.611. The Balaban J connectivity index is 0.000000689. The van der Waals surface area contributed by atoms with E-state index in [0.29, 0.717) is 42.7 Å². The predicted octanol–water partition coefficient (Wildman–Crippen LogP) is 4.25. The molecule has 2 bridgehead atoms. The Kier molecular flexibility index (Phi) is 11.8. The molecule has 6 rings (SSSR count). The molecule has 1 amide bonds. The van der Waals surface area contributed by atoms with E-state index in [9.17, 15) is 18.0 Å². The number of aryl methyl sites for hydroxylation is 1. The molecule has 2 aliphatic heterocycles. The lowest BCUT2D eigenvalue weighted by molar-refractivity contribution is -0.115. The molecule has 2 aromatic rings. The predicted molar refractivity (Wildman–Crippen MR) is 185 cm³/mol. The molecule has 48 heavy (non-hydrogen) atoms. The lowest BCUT2D eigenvalue weighted by Crippen LogP contribution is -2.49. The smallest absolute Gasteiger partial charge is 0.264 e. The van der Waals surface area contributed by atoms with Crippen LogP contribution in [0.4, 0.5) is 5.69 Å². The summed E-state index contributed by atoms with van der Waals surface area (Å²) in [5.74, 6) is 0.559. The van der Waals surface area contributed by atoms with Crippen molar-refractivity contribution in [2.24, 2.45) is 23.7 Å². The van der Waals surface area contributed by atoms with Crippen LogP contribution >= 0.6 is 11.6 Å². The highest BCUT2D eigenvalue weighted by molar-refractivity contribution is 7.90. The number of benzene rings is 2. The zero-order valence-electron chi connectivity index (χ0n) is 27.8. The molecule has 10 nitrogen and oxygen atoms in total. The summed E-state index contributed by atoms with van der Waals surface area (Å²) in [7, 11) is -3.89. The first-order chi connectivity index (χ1) is 22.9. The van der Waals surface area contributed by atoms with Crippen LogP contribution in [0.25, 0.3) is 0 Å². The minimum atomic E-state index is -3.89. The molecule has 0 radical (unpaired) electrons. The number of sulfonamides is 1. The van der Waals surface area contributed by atoms with Gasteiger partial charge in [0.25, 0.3) is 5.91 Å². The summed E-state index contributed by atoms with van der Waals surface area (Å²) in [6.07, 6.45) is 7.48. The van der Waals surface area contributed by atoms with Crippen LogP contribution in [-0.2, 0) is 26.7 Å². The van der Waals surface area contributed by atoms with Crippen LogP contribution in [0.3, 0.4) is 0 Å². The lowest BCUT2D eigenvalue weighted by atomic mass is 9.65. The van der Waals surface area contributed by atoms with Crippen LogP contribution in [0.2, 0.25) is 5.02 Å². The van der Waals surface area contributed by atoms with E-state index in [1.54, 1.807) is 25.1 Å². The second-order valence-corrected chi connectivity index (χ2v) is 16.7. The Morgan fingerprint density at radius 2 is 1.85 bits per heavy atom. The molecule has 1 spiro atoms. The number of aliphatic hydroxyl groups excluding tert-OH is 3. The average Bonchev–Trinajstić information content (AvgIpc) is 3.21. The number of rotatable bonds is 3. The number of carbonyl (C=O) groups is 2. The molecule has 4 N–H and O–H groups in total. The molecule has 264 valence electrons. The van der Waals surface area contributed by atoms with E-state index in [4.69, 9.17) is 31.7 Å². The monoisotopic (exact) mass is 704 g/mol. The van der Waals surface area contributed by atoms with Crippen LogP contribution < -0.4 is 14.4 Å². The first-order valence-electron chi connectivity index (χ1n) is 17.1. The third-order valence-electron chi connectivity index (χ3n) is 11.1. The van der Waals surface area contributed by atoms with Crippen molar-refractivity contribution in [3.63, 3.8) is 0 Å². The van der Waals surface area contributed by atoms with E-state index in [-0.39, 0.29) is 30.5 Å². The summed E-state index contributed by atoms with van der Waals surface area (Å²) in [6.45, 7) is 4.81. The van der Waals surface area contributed by atoms with E-state index in [1.807, 2.05) is 13.0 Å². The molecule has 1 fully saturated rings. The highest BCUT2D eigenvalue weighted by atomic mass is 35.5. The number of nitrogens with zero attached hydrogens (tertiary/aromatic N) is 1. The average molecular weight is 705 g/mol. The zero-order chi connectivity index (χ0) is 34.6. The van der Waals surface area contributed by atoms with Gasteiger partial charge in [-0.15, -0.1) is 0 Å². The van der Waals surface area contributed by atoms with E-state index < -0.39 is 27.3 Å². The van der Waals surface area contributed by atoms with Gasteiger partial charge in [0.05, 0.1) is 30.8 Å². The number of amides is 1.